The van der Waals surface area contributed by atoms with E-state index in [0.29, 0.717) is 17.6 Å². The normalized spacial score (nSPS) is 12.4. The van der Waals surface area contributed by atoms with Gasteiger partial charge in [-0.3, -0.25) is 4.98 Å². The van der Waals surface area contributed by atoms with E-state index in [9.17, 15) is 0 Å². The largest absolute Gasteiger partial charge is 0.396 e. The van der Waals surface area contributed by atoms with Crippen LogP contribution < -0.4 is 11.1 Å². The number of hydrogen-bond donors (Lipinski definition) is 3. The SMILES string of the molecule is CCCC(CCO)CNc1cncc(N)n1. The molecule has 1 aromatic rings. The molecule has 1 aromatic heterocycles. The molecule has 1 rings (SSSR count). The molecule has 1 atom stereocenters. The van der Waals surface area contributed by atoms with Gasteiger partial charge in [0.25, 0.3) is 0 Å². The van der Waals surface area contributed by atoms with Crippen LogP contribution in [0.4, 0.5) is 11.6 Å². The molecule has 0 radical (unpaired) electrons. The highest BCUT2D eigenvalue weighted by atomic mass is 16.3. The van der Waals surface area contributed by atoms with E-state index in [-0.39, 0.29) is 6.61 Å². The van der Waals surface area contributed by atoms with Crippen LogP contribution in [0.15, 0.2) is 12.4 Å². The lowest BCUT2D eigenvalue weighted by Crippen LogP contribution is -2.16. The fourth-order valence-corrected chi connectivity index (χ4v) is 1.65. The van der Waals surface area contributed by atoms with E-state index in [4.69, 9.17) is 10.8 Å². The van der Waals surface area contributed by atoms with E-state index < -0.39 is 0 Å². The van der Waals surface area contributed by atoms with Gasteiger partial charge in [-0.1, -0.05) is 13.3 Å². The van der Waals surface area contributed by atoms with Crippen molar-refractivity contribution in [2.75, 3.05) is 24.2 Å². The molecule has 0 aromatic carbocycles. The predicted molar refractivity (Wildman–Crippen MR) is 65.0 cm³/mol. The van der Waals surface area contributed by atoms with Crippen LogP contribution in [0.5, 0.6) is 0 Å². The summed E-state index contributed by atoms with van der Waals surface area (Å²) >= 11 is 0. The van der Waals surface area contributed by atoms with Gasteiger partial charge in [-0.15, -0.1) is 0 Å². The van der Waals surface area contributed by atoms with Crippen molar-refractivity contribution in [3.8, 4) is 0 Å². The van der Waals surface area contributed by atoms with Crippen LogP contribution in [0.25, 0.3) is 0 Å². The van der Waals surface area contributed by atoms with Gasteiger partial charge in [0.2, 0.25) is 0 Å². The Labute approximate surface area is 96.1 Å². The molecule has 90 valence electrons. The Morgan fingerprint density at radius 2 is 2.25 bits per heavy atom. The Bertz CT molecular complexity index is 300. The van der Waals surface area contributed by atoms with Crippen LogP contribution >= 0.6 is 0 Å². The van der Waals surface area contributed by atoms with Gasteiger partial charge in [0, 0.05) is 13.2 Å². The predicted octanol–water partition coefficient (Wildman–Crippen LogP) is 1.27. The first-order valence-corrected chi connectivity index (χ1v) is 5.68. The zero-order chi connectivity index (χ0) is 11.8. The summed E-state index contributed by atoms with van der Waals surface area (Å²) in [5.74, 6) is 1.58. The second-order valence-electron chi connectivity index (χ2n) is 3.88. The average Bonchev–Trinajstić information content (AvgIpc) is 2.27. The number of aromatic nitrogens is 2. The maximum Gasteiger partial charge on any atom is 0.146 e. The second kappa shape index (κ2) is 7.00. The lowest BCUT2D eigenvalue weighted by atomic mass is 10.0. The summed E-state index contributed by atoms with van der Waals surface area (Å²) in [6, 6.07) is 0. The summed E-state index contributed by atoms with van der Waals surface area (Å²) in [4.78, 5) is 8.06. The van der Waals surface area contributed by atoms with Gasteiger partial charge in [-0.25, -0.2) is 4.98 Å². The molecule has 4 N–H and O–H groups in total. The standard InChI is InChI=1S/C11H20N4O/c1-2-3-9(4-5-16)6-14-11-8-13-7-10(12)15-11/h7-9,16H,2-6H2,1H3,(H3,12,14,15). The minimum atomic E-state index is 0.231. The molecule has 0 aliphatic carbocycles. The fourth-order valence-electron chi connectivity index (χ4n) is 1.65. The van der Waals surface area contributed by atoms with Crippen molar-refractivity contribution in [3.05, 3.63) is 12.4 Å². The number of anilines is 2. The summed E-state index contributed by atoms with van der Waals surface area (Å²) in [5, 5.41) is 12.1. The maximum absolute atomic E-state index is 8.93. The van der Waals surface area contributed by atoms with E-state index in [0.717, 1.165) is 25.8 Å². The first-order chi connectivity index (χ1) is 7.76. The van der Waals surface area contributed by atoms with Crippen molar-refractivity contribution in [2.24, 2.45) is 5.92 Å². The van der Waals surface area contributed by atoms with Crippen molar-refractivity contribution in [3.63, 3.8) is 0 Å². The van der Waals surface area contributed by atoms with Crippen LogP contribution in [0.2, 0.25) is 0 Å². The molecule has 0 amide bonds. The van der Waals surface area contributed by atoms with Crippen LogP contribution in [-0.4, -0.2) is 28.2 Å². The van der Waals surface area contributed by atoms with Gasteiger partial charge in [0.05, 0.1) is 12.4 Å². The highest BCUT2D eigenvalue weighted by Crippen LogP contribution is 2.12. The lowest BCUT2D eigenvalue weighted by Gasteiger charge is -2.15. The monoisotopic (exact) mass is 224 g/mol. The van der Waals surface area contributed by atoms with Crippen molar-refractivity contribution >= 4 is 11.6 Å². The Hall–Kier alpha value is -1.36. The number of nitrogens with one attached hydrogen (secondary N) is 1. The molecule has 0 saturated carbocycles. The van der Waals surface area contributed by atoms with Gasteiger partial charge in [-0.2, -0.15) is 0 Å². The van der Waals surface area contributed by atoms with Crippen LogP contribution in [0.1, 0.15) is 26.2 Å². The van der Waals surface area contributed by atoms with E-state index in [1.54, 1.807) is 6.20 Å². The molecule has 5 nitrogen and oxygen atoms in total. The molecule has 5 heteroatoms. The number of aliphatic hydroxyl groups is 1. The van der Waals surface area contributed by atoms with Gasteiger partial charge in [0.1, 0.15) is 11.6 Å². The summed E-state index contributed by atoms with van der Waals surface area (Å²) in [6.07, 6.45) is 6.20. The molecule has 16 heavy (non-hydrogen) atoms. The van der Waals surface area contributed by atoms with Crippen molar-refractivity contribution in [1.29, 1.82) is 0 Å². The van der Waals surface area contributed by atoms with E-state index in [1.807, 2.05) is 0 Å². The van der Waals surface area contributed by atoms with Gasteiger partial charge >= 0.3 is 0 Å². The van der Waals surface area contributed by atoms with E-state index >= 15 is 0 Å². The van der Waals surface area contributed by atoms with Gasteiger partial charge in [0.15, 0.2) is 0 Å². The number of hydrogen-bond acceptors (Lipinski definition) is 5. The molecule has 0 aliphatic heterocycles. The maximum atomic E-state index is 8.93. The number of nitrogen functional groups attached to an aromatic ring is 1. The third-order valence-electron chi connectivity index (χ3n) is 2.46. The Kier molecular flexibility index (Phi) is 5.56. The molecule has 1 heterocycles. The molecule has 0 fully saturated rings. The summed E-state index contributed by atoms with van der Waals surface area (Å²) in [6.45, 7) is 3.17. The highest BCUT2D eigenvalue weighted by molar-refractivity contribution is 5.38. The first-order valence-electron chi connectivity index (χ1n) is 5.68. The first kappa shape index (κ1) is 12.7. The zero-order valence-electron chi connectivity index (χ0n) is 9.69. The lowest BCUT2D eigenvalue weighted by molar-refractivity contribution is 0.255. The minimum Gasteiger partial charge on any atom is -0.396 e. The van der Waals surface area contributed by atoms with E-state index in [2.05, 4.69) is 22.2 Å². The third-order valence-corrected chi connectivity index (χ3v) is 2.46. The van der Waals surface area contributed by atoms with Crippen molar-refractivity contribution in [2.45, 2.75) is 26.2 Å². The molecule has 0 aliphatic rings. The Morgan fingerprint density at radius 1 is 1.44 bits per heavy atom. The smallest absolute Gasteiger partial charge is 0.146 e. The second-order valence-corrected chi connectivity index (χ2v) is 3.88. The topological polar surface area (TPSA) is 84.1 Å². The van der Waals surface area contributed by atoms with Crippen LogP contribution in [-0.2, 0) is 0 Å². The molecule has 0 saturated heterocycles. The minimum absolute atomic E-state index is 0.231. The van der Waals surface area contributed by atoms with Gasteiger partial charge in [-0.05, 0) is 18.8 Å². The third kappa shape index (κ3) is 4.44. The average molecular weight is 224 g/mol. The fraction of sp³-hybridized carbons (Fsp3) is 0.636. The highest BCUT2D eigenvalue weighted by Gasteiger charge is 2.07. The quantitative estimate of drug-likeness (QED) is 0.649. The van der Waals surface area contributed by atoms with Crippen molar-refractivity contribution < 1.29 is 5.11 Å². The molecular weight excluding hydrogens is 204 g/mol. The zero-order valence-corrected chi connectivity index (χ0v) is 9.69. The van der Waals surface area contributed by atoms with Gasteiger partial charge < -0.3 is 16.2 Å². The summed E-state index contributed by atoms with van der Waals surface area (Å²) in [7, 11) is 0. The number of nitrogens with two attached hydrogens (primary N) is 1. The number of rotatable bonds is 7. The number of aliphatic hydroxyl groups excluding tert-OH is 1. The Balaban J connectivity index is 2.41. The number of nitrogens with zero attached hydrogens (tertiary/aromatic N) is 2. The van der Waals surface area contributed by atoms with Crippen molar-refractivity contribution in [1.82, 2.24) is 9.97 Å². The molecule has 1 unspecified atom stereocenters. The van der Waals surface area contributed by atoms with Crippen LogP contribution in [0.3, 0.4) is 0 Å². The molecule has 0 spiro atoms. The summed E-state index contributed by atoms with van der Waals surface area (Å²) < 4.78 is 0. The molecule has 0 bridgehead atoms. The van der Waals surface area contributed by atoms with E-state index in [1.165, 1.54) is 6.20 Å². The van der Waals surface area contributed by atoms with Crippen LogP contribution in [0, 0.1) is 5.92 Å². The Morgan fingerprint density at radius 3 is 2.88 bits per heavy atom. The molecular formula is C11H20N4O. The summed E-state index contributed by atoms with van der Waals surface area (Å²) in [5.41, 5.74) is 5.53.